The summed E-state index contributed by atoms with van der Waals surface area (Å²) in [6, 6.07) is 0. The molecule has 0 saturated heterocycles. The normalized spacial score (nSPS) is 53.0. The molecule has 0 aromatic heterocycles. The third kappa shape index (κ3) is 12.4. The summed E-state index contributed by atoms with van der Waals surface area (Å²) in [4.78, 5) is 0. The molecule has 22 fully saturated rings. The van der Waals surface area contributed by atoms with E-state index >= 15 is 0 Å². The summed E-state index contributed by atoms with van der Waals surface area (Å²) >= 11 is 0. The molecule has 22 aliphatic rings. The van der Waals surface area contributed by atoms with Crippen LogP contribution in [0.1, 0.15) is 307 Å². The third-order valence-electron chi connectivity index (χ3n) is 29.0. The molecule has 0 amide bonds. The van der Waals surface area contributed by atoms with Gasteiger partial charge in [0.15, 0.2) is 0 Å². The lowest BCUT2D eigenvalue weighted by molar-refractivity contribution is -0.0545. The molecular weight excluding hydrogens is 865 g/mol. The van der Waals surface area contributed by atoms with Gasteiger partial charge in [-0.2, -0.15) is 0 Å². The van der Waals surface area contributed by atoms with Crippen LogP contribution in [0.4, 0.5) is 0 Å². The molecule has 0 aliphatic heterocycles. The van der Waals surface area contributed by atoms with Crippen LogP contribution >= 0.6 is 0 Å². The topological polar surface area (TPSA) is 0 Å². The maximum atomic E-state index is 2.54. The van der Waals surface area contributed by atoms with Gasteiger partial charge >= 0.3 is 0 Å². The zero-order valence-corrected chi connectivity index (χ0v) is 50.6. The Bertz CT molecular complexity index is 1570. The molecule has 414 valence electrons. The van der Waals surface area contributed by atoms with Crippen molar-refractivity contribution in [2.24, 2.45) is 146 Å². The molecule has 0 spiro atoms. The number of hydrogen-bond donors (Lipinski definition) is 0. The Morgan fingerprint density at radius 2 is 0.792 bits per heavy atom. The highest BCUT2D eigenvalue weighted by atomic mass is 14.6. The van der Waals surface area contributed by atoms with Gasteiger partial charge in [0.1, 0.15) is 0 Å². The summed E-state index contributed by atoms with van der Waals surface area (Å²) in [6.45, 7) is 27.0. The maximum Gasteiger partial charge on any atom is -0.0292 e. The fraction of sp³-hybridized carbons (Fsp3) is 1.00. The van der Waals surface area contributed by atoms with Gasteiger partial charge in [0.05, 0.1) is 0 Å². The zero-order valence-electron chi connectivity index (χ0n) is 50.6. The molecule has 72 heavy (non-hydrogen) atoms. The van der Waals surface area contributed by atoms with Gasteiger partial charge in [0, 0.05) is 0 Å². The van der Waals surface area contributed by atoms with Crippen molar-refractivity contribution in [3.8, 4) is 0 Å². The van der Waals surface area contributed by atoms with Crippen molar-refractivity contribution in [3.05, 3.63) is 0 Å². The highest BCUT2D eigenvalue weighted by molar-refractivity contribution is 5.02. The van der Waals surface area contributed by atoms with E-state index in [2.05, 4.69) is 76.2 Å². The fourth-order valence-corrected chi connectivity index (χ4v) is 24.1. The summed E-state index contributed by atoms with van der Waals surface area (Å²) in [5, 5.41) is 0. The predicted molar refractivity (Wildman–Crippen MR) is 312 cm³/mol. The second kappa shape index (κ2) is 23.0. The summed E-state index contributed by atoms with van der Waals surface area (Å²) in [6.07, 6.45) is 55.8. The fourth-order valence-electron chi connectivity index (χ4n) is 24.1. The summed E-state index contributed by atoms with van der Waals surface area (Å²) in [5.41, 5.74) is 3.04. The van der Waals surface area contributed by atoms with Gasteiger partial charge < -0.3 is 0 Å². The minimum absolute atomic E-state index is 0.654. The van der Waals surface area contributed by atoms with E-state index in [0.717, 1.165) is 141 Å². The lowest BCUT2D eigenvalue weighted by Crippen LogP contribution is -2.45. The Morgan fingerprint density at radius 3 is 1.06 bits per heavy atom. The number of rotatable bonds is 2. The van der Waals surface area contributed by atoms with Crippen molar-refractivity contribution in [1.29, 1.82) is 0 Å². The Labute approximate surface area is 451 Å². The average molecular weight is 992 g/mol. The minimum Gasteiger partial charge on any atom is -0.0651 e. The third-order valence-corrected chi connectivity index (χ3v) is 29.0. The Kier molecular flexibility index (Phi) is 17.7. The van der Waals surface area contributed by atoms with Gasteiger partial charge in [-0.1, -0.05) is 108 Å². The maximum absolute atomic E-state index is 2.54. The molecule has 0 aromatic carbocycles. The number of fused-ring (bicyclic) bond motifs is 14. The Hall–Kier alpha value is 0. The van der Waals surface area contributed by atoms with Crippen LogP contribution in [0, 0.1) is 146 Å². The van der Waals surface area contributed by atoms with Crippen LogP contribution in [0.5, 0.6) is 0 Å². The van der Waals surface area contributed by atoms with Gasteiger partial charge in [0.2, 0.25) is 0 Å². The van der Waals surface area contributed by atoms with Crippen LogP contribution < -0.4 is 0 Å². The van der Waals surface area contributed by atoms with Crippen LogP contribution in [-0.4, -0.2) is 0 Å². The molecule has 18 bridgehead atoms. The monoisotopic (exact) mass is 991 g/mol. The SMILES string of the molecule is CC12CC3CC(CC(C3)C1)C2.CC1C2CCC(CC2)[C@H]1C.CCC12CC3CC(CC(C3)C1)C2.CCC1CC2CCC1C2.C[C@@H]1C2CCC(CC2)C1(C)C.C[C@H]1CC2CCC1(C)CC2.C[C@H]1CC2CCC1CC2. The Morgan fingerprint density at radius 1 is 0.361 bits per heavy atom. The van der Waals surface area contributed by atoms with Gasteiger partial charge in [-0.25, -0.2) is 0 Å². The van der Waals surface area contributed by atoms with Crippen molar-refractivity contribution < 1.29 is 0 Å². The molecule has 22 rings (SSSR count). The molecule has 0 heterocycles. The smallest absolute Gasteiger partial charge is 0.0292 e. The molecule has 0 N–H and O–H groups in total. The Balaban J connectivity index is 0.0000000969. The van der Waals surface area contributed by atoms with Crippen LogP contribution in [0.15, 0.2) is 0 Å². The van der Waals surface area contributed by atoms with Crippen LogP contribution in [-0.2, 0) is 0 Å². The minimum atomic E-state index is 0.654. The first-order valence-corrected chi connectivity index (χ1v) is 34.4. The largest absolute Gasteiger partial charge is 0.0651 e. The molecule has 0 aromatic rings. The molecule has 22 aliphatic carbocycles. The standard InChI is InChI=1S/C12H20.C11H18.C11H20.2C10H18.2C9H16/c1-2-12-6-9-3-10(7-12)5-11(4-9)8-12;1-11-5-8-2-9(6-11)4-10(3-8)7-11;1-8-9-4-6-10(7-5-9)11(8,2)3;1-8-7-9-3-5-10(8,2)6-4-9;1-7-8(2)10-5-3-9(7)4-6-10;1-7-6-8-2-4-9(7)5-3-8;1-2-8-5-7-3-4-9(8)6-7/h9-11H,2-8H2,1H3;8-10H,2-7H2,1H3;8-10H,4-7H2,1-3H3;8-9H,3-7H2,1-2H3;7-10H,3-6H2,1-2H3;2*7-9H,2-6H2,1H3/t;;2*8-,9?,10?;7-,8?,9?,10?;7-,8?,9?;/m..1000./s1. The summed E-state index contributed by atoms with van der Waals surface area (Å²) in [5.74, 6) is 23.1. The van der Waals surface area contributed by atoms with Crippen molar-refractivity contribution in [3.63, 3.8) is 0 Å². The lowest BCUT2D eigenvalue weighted by Gasteiger charge is -2.56. The van der Waals surface area contributed by atoms with Crippen LogP contribution in [0.3, 0.4) is 0 Å². The second-order valence-electron chi connectivity index (χ2n) is 33.7. The first-order valence-electron chi connectivity index (χ1n) is 34.4. The van der Waals surface area contributed by atoms with Gasteiger partial charge in [-0.3, -0.25) is 0 Å². The lowest BCUT2D eigenvalue weighted by atomic mass is 9.49. The average Bonchev–Trinajstić information content (AvgIpc) is 4.01. The summed E-state index contributed by atoms with van der Waals surface area (Å²) in [7, 11) is 0. The first-order chi connectivity index (χ1) is 34.4. The molecule has 0 heteroatoms. The molecule has 0 nitrogen and oxygen atoms in total. The van der Waals surface area contributed by atoms with E-state index in [1.54, 1.807) is 135 Å². The van der Waals surface area contributed by atoms with E-state index in [1.807, 2.05) is 0 Å². The first kappa shape index (κ1) is 55.3. The zero-order chi connectivity index (χ0) is 50.6. The van der Waals surface area contributed by atoms with Crippen LogP contribution in [0.25, 0.3) is 0 Å². The molecule has 22 saturated carbocycles. The molecule has 8 atom stereocenters. The summed E-state index contributed by atoms with van der Waals surface area (Å²) < 4.78 is 0. The molecule has 4 unspecified atom stereocenters. The highest BCUT2D eigenvalue weighted by Crippen LogP contribution is 2.62. The van der Waals surface area contributed by atoms with Crippen molar-refractivity contribution in [1.82, 2.24) is 0 Å². The quantitative estimate of drug-likeness (QED) is 0.259. The second-order valence-corrected chi connectivity index (χ2v) is 33.7. The van der Waals surface area contributed by atoms with E-state index in [4.69, 9.17) is 0 Å². The van der Waals surface area contributed by atoms with Crippen molar-refractivity contribution in [2.75, 3.05) is 0 Å². The molecule has 0 radical (unpaired) electrons. The molecular formula is C72H126. The van der Waals surface area contributed by atoms with E-state index < -0.39 is 0 Å². The van der Waals surface area contributed by atoms with E-state index in [1.165, 1.54) is 96.3 Å². The van der Waals surface area contributed by atoms with E-state index in [9.17, 15) is 0 Å². The van der Waals surface area contributed by atoms with Crippen molar-refractivity contribution >= 4 is 0 Å². The van der Waals surface area contributed by atoms with E-state index in [-0.39, 0.29) is 0 Å². The van der Waals surface area contributed by atoms with Gasteiger partial charge in [-0.15, -0.1) is 0 Å². The van der Waals surface area contributed by atoms with Gasteiger partial charge in [-0.05, 0) is 345 Å². The van der Waals surface area contributed by atoms with E-state index in [0.29, 0.717) is 5.41 Å². The van der Waals surface area contributed by atoms with Gasteiger partial charge in [0.25, 0.3) is 0 Å². The van der Waals surface area contributed by atoms with Crippen LogP contribution in [0.2, 0.25) is 0 Å². The predicted octanol–water partition coefficient (Wildman–Crippen LogP) is 22.3. The number of hydrogen-bond acceptors (Lipinski definition) is 0. The van der Waals surface area contributed by atoms with Crippen molar-refractivity contribution in [2.45, 2.75) is 307 Å². The highest BCUT2D eigenvalue weighted by Gasteiger charge is 2.51.